The van der Waals surface area contributed by atoms with Crippen molar-refractivity contribution in [1.29, 1.82) is 0 Å². The second kappa shape index (κ2) is 7.86. The van der Waals surface area contributed by atoms with Crippen molar-refractivity contribution >= 4 is 27.1 Å². The summed E-state index contributed by atoms with van der Waals surface area (Å²) in [5.41, 5.74) is 4.84. The van der Waals surface area contributed by atoms with Crippen molar-refractivity contribution in [3.8, 4) is 0 Å². The van der Waals surface area contributed by atoms with Gasteiger partial charge < -0.3 is 0 Å². The minimum atomic E-state index is 0. The molecule has 0 amide bonds. The molecule has 0 atom stereocenters. The fourth-order valence-corrected chi connectivity index (χ4v) is 2.16. The summed E-state index contributed by atoms with van der Waals surface area (Å²) in [6.45, 7) is 7.84. The Morgan fingerprint density at radius 3 is 2.35 bits per heavy atom. The number of halogens is 1. The molecule has 0 unspecified atom stereocenters. The average molecular weight is 329 g/mol. The molecular formula is C19H21Br. The van der Waals surface area contributed by atoms with Crippen LogP contribution in [-0.4, -0.2) is 0 Å². The lowest BCUT2D eigenvalue weighted by atomic mass is 9.95. The number of hydrogen-bond donors (Lipinski definition) is 0. The van der Waals surface area contributed by atoms with Gasteiger partial charge in [0.05, 0.1) is 0 Å². The van der Waals surface area contributed by atoms with Crippen LogP contribution in [0, 0.1) is 0 Å². The van der Waals surface area contributed by atoms with Gasteiger partial charge in [-0.2, -0.15) is 0 Å². The first-order valence-electron chi connectivity index (χ1n) is 6.35. The lowest BCUT2D eigenvalue weighted by Gasteiger charge is -2.10. The molecule has 0 radical (unpaired) electrons. The zero-order chi connectivity index (χ0) is 13.7. The maximum Gasteiger partial charge on any atom is 0.0103 e. The first-order chi connectivity index (χ1) is 9.16. The molecular weight excluding hydrogens is 308 g/mol. The summed E-state index contributed by atoms with van der Waals surface area (Å²) in [5, 5.41) is 0. The molecule has 1 aromatic carbocycles. The van der Waals surface area contributed by atoms with Gasteiger partial charge in [-0.15, -0.1) is 0 Å². The maximum atomic E-state index is 4.06. The van der Waals surface area contributed by atoms with Crippen LogP contribution in [0.25, 0.3) is 11.1 Å². The van der Waals surface area contributed by atoms with Crippen molar-refractivity contribution in [3.63, 3.8) is 0 Å². The molecule has 0 heterocycles. The fraction of sp³-hybridized carbons (Fsp3) is 0.158. The highest BCUT2D eigenvalue weighted by molar-refractivity contribution is 9.11. The van der Waals surface area contributed by atoms with Crippen molar-refractivity contribution in [2.24, 2.45) is 0 Å². The molecule has 20 heavy (non-hydrogen) atoms. The van der Waals surface area contributed by atoms with Crippen LogP contribution in [0.1, 0.15) is 31.4 Å². The molecule has 104 valence electrons. The van der Waals surface area contributed by atoms with Crippen LogP contribution in [0.15, 0.2) is 72.3 Å². The van der Waals surface area contributed by atoms with Gasteiger partial charge in [-0.25, -0.2) is 0 Å². The minimum Gasteiger partial charge on any atom is -0.0912 e. The van der Waals surface area contributed by atoms with Crippen LogP contribution < -0.4 is 0 Å². The Labute approximate surface area is 131 Å². The van der Waals surface area contributed by atoms with Crippen molar-refractivity contribution in [1.82, 2.24) is 0 Å². The third-order valence-corrected chi connectivity index (χ3v) is 3.37. The van der Waals surface area contributed by atoms with Gasteiger partial charge in [0.15, 0.2) is 0 Å². The monoisotopic (exact) mass is 328 g/mol. The zero-order valence-corrected chi connectivity index (χ0v) is 12.5. The van der Waals surface area contributed by atoms with E-state index in [1.54, 1.807) is 0 Å². The fourth-order valence-electron chi connectivity index (χ4n) is 2.03. The van der Waals surface area contributed by atoms with E-state index in [-0.39, 0.29) is 7.43 Å². The molecule has 1 heteroatoms. The number of rotatable bonds is 4. The molecule has 0 nitrogen and oxygen atoms in total. The molecule has 0 aliphatic heterocycles. The van der Waals surface area contributed by atoms with E-state index in [0.29, 0.717) is 0 Å². The Kier molecular flexibility index (Phi) is 6.47. The van der Waals surface area contributed by atoms with E-state index in [1.165, 1.54) is 11.1 Å². The van der Waals surface area contributed by atoms with Gasteiger partial charge in [0.2, 0.25) is 0 Å². The van der Waals surface area contributed by atoms with Gasteiger partial charge in [-0.3, -0.25) is 0 Å². The summed E-state index contributed by atoms with van der Waals surface area (Å²) in [6.07, 6.45) is 12.7. The quantitative estimate of drug-likeness (QED) is 0.551. The normalized spacial score (nSPS) is 13.8. The first-order valence-corrected chi connectivity index (χ1v) is 7.14. The molecule has 2 rings (SSSR count). The van der Waals surface area contributed by atoms with E-state index in [2.05, 4.69) is 71.6 Å². The molecule has 0 spiro atoms. The standard InChI is InChI=1S/C18H17Br.CH4/c1-14(8-9-15(2)19)16-10-12-18(13-11-16)17-6-4-3-5-7-17;/h3-4,6,8-13H,1-2,5,7H2;1H4/b9-8-;. The SMILES string of the molecule is C.C=C(Br)/C=C\C(=C)c1ccc(C2=CC=CCC2)cc1. The second-order valence-electron chi connectivity index (χ2n) is 4.54. The van der Waals surface area contributed by atoms with Gasteiger partial charge in [0.1, 0.15) is 0 Å². The Hall–Kier alpha value is -1.60. The van der Waals surface area contributed by atoms with Gasteiger partial charge in [-0.1, -0.05) is 85.1 Å². The molecule has 0 saturated heterocycles. The third-order valence-electron chi connectivity index (χ3n) is 3.11. The van der Waals surface area contributed by atoms with Crippen LogP contribution in [0.4, 0.5) is 0 Å². The highest BCUT2D eigenvalue weighted by atomic mass is 79.9. The molecule has 0 fully saturated rings. The summed E-state index contributed by atoms with van der Waals surface area (Å²) in [7, 11) is 0. The predicted molar refractivity (Wildman–Crippen MR) is 95.8 cm³/mol. The van der Waals surface area contributed by atoms with Crippen LogP contribution in [0.5, 0.6) is 0 Å². The summed E-state index contributed by atoms with van der Waals surface area (Å²) in [6, 6.07) is 8.58. The summed E-state index contributed by atoms with van der Waals surface area (Å²) >= 11 is 3.30. The smallest absolute Gasteiger partial charge is 0.0103 e. The highest BCUT2D eigenvalue weighted by Gasteiger charge is 2.03. The van der Waals surface area contributed by atoms with Gasteiger partial charge in [0.25, 0.3) is 0 Å². The van der Waals surface area contributed by atoms with Crippen molar-refractivity contribution < 1.29 is 0 Å². The topological polar surface area (TPSA) is 0 Å². The number of benzene rings is 1. The van der Waals surface area contributed by atoms with Gasteiger partial charge >= 0.3 is 0 Å². The number of hydrogen-bond acceptors (Lipinski definition) is 0. The predicted octanol–water partition coefficient (Wildman–Crippen LogP) is 6.53. The maximum absolute atomic E-state index is 4.06. The van der Waals surface area contributed by atoms with Crippen molar-refractivity contribution in [3.05, 3.63) is 83.4 Å². The van der Waals surface area contributed by atoms with Crippen LogP contribution in [0.3, 0.4) is 0 Å². The third kappa shape index (κ3) is 4.50. The molecule has 0 saturated carbocycles. The summed E-state index contributed by atoms with van der Waals surface area (Å²) < 4.78 is 0.851. The summed E-state index contributed by atoms with van der Waals surface area (Å²) in [5.74, 6) is 0. The molecule has 1 aliphatic carbocycles. The van der Waals surface area contributed by atoms with Gasteiger partial charge in [0, 0.05) is 4.48 Å². The van der Waals surface area contributed by atoms with E-state index in [1.807, 2.05) is 12.2 Å². The molecule has 0 bridgehead atoms. The minimum absolute atomic E-state index is 0. The number of allylic oxidation sites excluding steroid dienone is 8. The second-order valence-corrected chi connectivity index (χ2v) is 5.56. The van der Waals surface area contributed by atoms with E-state index in [0.717, 1.165) is 28.5 Å². The first kappa shape index (κ1) is 16.5. The van der Waals surface area contributed by atoms with Crippen LogP contribution in [0.2, 0.25) is 0 Å². The van der Waals surface area contributed by atoms with Crippen molar-refractivity contribution in [2.45, 2.75) is 20.3 Å². The Morgan fingerprint density at radius 1 is 1.10 bits per heavy atom. The van der Waals surface area contributed by atoms with E-state index in [9.17, 15) is 0 Å². The summed E-state index contributed by atoms with van der Waals surface area (Å²) in [4.78, 5) is 0. The molecule has 0 N–H and O–H groups in total. The molecule has 0 aromatic heterocycles. The average Bonchev–Trinajstić information content (AvgIpc) is 2.46. The van der Waals surface area contributed by atoms with Crippen LogP contribution >= 0.6 is 15.9 Å². The van der Waals surface area contributed by atoms with E-state index >= 15 is 0 Å². The van der Waals surface area contributed by atoms with E-state index < -0.39 is 0 Å². The Bertz CT molecular complexity index is 568. The Morgan fingerprint density at radius 2 is 1.80 bits per heavy atom. The lowest BCUT2D eigenvalue weighted by molar-refractivity contribution is 1.05. The van der Waals surface area contributed by atoms with Crippen molar-refractivity contribution in [2.75, 3.05) is 0 Å². The Balaban J connectivity index is 0.00000200. The largest absolute Gasteiger partial charge is 0.0912 e. The van der Waals surface area contributed by atoms with Gasteiger partial charge in [-0.05, 0) is 41.2 Å². The lowest BCUT2D eigenvalue weighted by Crippen LogP contribution is -1.88. The van der Waals surface area contributed by atoms with E-state index in [4.69, 9.17) is 0 Å². The highest BCUT2D eigenvalue weighted by Crippen LogP contribution is 2.25. The van der Waals surface area contributed by atoms with Crippen LogP contribution in [-0.2, 0) is 0 Å². The molecule has 1 aliphatic rings. The zero-order valence-electron chi connectivity index (χ0n) is 10.9. The molecule has 1 aromatic rings.